The Morgan fingerprint density at radius 3 is 2.59 bits per heavy atom. The van der Waals surface area contributed by atoms with Crippen LogP contribution >= 0.6 is 11.8 Å². The number of hydrogen-bond donors (Lipinski definition) is 2. The van der Waals surface area contributed by atoms with E-state index in [1.165, 1.54) is 17.3 Å². The fraction of sp³-hybridized carbons (Fsp3) is 0.148. The molecule has 0 atom stereocenters. The Kier molecular flexibility index (Phi) is 6.44. The minimum absolute atomic E-state index is 0.0195. The molecule has 5 aromatic rings. The number of aryl methyl sites for hydroxylation is 1. The molecule has 2 heterocycles. The Morgan fingerprint density at radius 1 is 0.971 bits per heavy atom. The number of aromatic amines is 1. The molecule has 0 unspecified atom stereocenters. The van der Waals surface area contributed by atoms with Crippen LogP contribution in [0.15, 0.2) is 90.2 Å². The lowest BCUT2D eigenvalue weighted by molar-refractivity contribution is -0.118. The van der Waals surface area contributed by atoms with Crippen LogP contribution in [0.1, 0.15) is 11.1 Å². The summed E-state index contributed by atoms with van der Waals surface area (Å²) in [5.74, 6) is 1.000. The van der Waals surface area contributed by atoms with Gasteiger partial charge in [0.15, 0.2) is 11.0 Å². The van der Waals surface area contributed by atoms with Gasteiger partial charge in [0.1, 0.15) is 0 Å². The Balaban J connectivity index is 1.38. The molecule has 0 aliphatic carbocycles. The fourth-order valence-corrected chi connectivity index (χ4v) is 4.77. The summed E-state index contributed by atoms with van der Waals surface area (Å²) >= 11 is 1.40. The number of carbonyl (C=O) groups excluding carboxylic acids is 1. The third-order valence-electron chi connectivity index (χ3n) is 5.73. The van der Waals surface area contributed by atoms with E-state index in [9.17, 15) is 4.79 Å². The molecule has 0 fully saturated rings. The number of rotatable bonds is 8. The van der Waals surface area contributed by atoms with Gasteiger partial charge >= 0.3 is 0 Å². The summed E-state index contributed by atoms with van der Waals surface area (Å²) in [6, 6.07) is 26.4. The molecule has 6 nitrogen and oxygen atoms in total. The van der Waals surface area contributed by atoms with Crippen LogP contribution in [0, 0.1) is 6.92 Å². The Bertz CT molecular complexity index is 1420. The zero-order valence-electron chi connectivity index (χ0n) is 18.9. The number of nitrogens with one attached hydrogen (secondary N) is 2. The zero-order valence-corrected chi connectivity index (χ0v) is 19.7. The summed E-state index contributed by atoms with van der Waals surface area (Å²) < 4.78 is 2.05. The smallest absolute Gasteiger partial charge is 0.230 e. The van der Waals surface area contributed by atoms with Gasteiger partial charge in [0, 0.05) is 29.2 Å². The molecule has 0 aliphatic heterocycles. The van der Waals surface area contributed by atoms with Gasteiger partial charge in [-0.05, 0) is 36.6 Å². The van der Waals surface area contributed by atoms with E-state index in [-0.39, 0.29) is 11.7 Å². The number of fused-ring (bicyclic) bond motifs is 1. The average molecular weight is 468 g/mol. The van der Waals surface area contributed by atoms with Gasteiger partial charge in [-0.25, -0.2) is 0 Å². The highest BCUT2D eigenvalue weighted by atomic mass is 32.2. The number of para-hydroxylation sites is 2. The largest absolute Gasteiger partial charge is 0.360 e. The van der Waals surface area contributed by atoms with E-state index in [2.05, 4.69) is 57.8 Å². The van der Waals surface area contributed by atoms with Crippen LogP contribution in [0.4, 0.5) is 0 Å². The van der Waals surface area contributed by atoms with Gasteiger partial charge in [0.05, 0.1) is 11.4 Å². The summed E-state index contributed by atoms with van der Waals surface area (Å²) in [6.07, 6.45) is 2.77. The van der Waals surface area contributed by atoms with Crippen LogP contribution in [0.5, 0.6) is 0 Å². The summed E-state index contributed by atoms with van der Waals surface area (Å²) in [5, 5.41) is 13.8. The first kappa shape index (κ1) is 22.0. The first-order valence-electron chi connectivity index (χ1n) is 11.2. The van der Waals surface area contributed by atoms with Crippen molar-refractivity contribution in [3.05, 3.63) is 96.2 Å². The van der Waals surface area contributed by atoms with Gasteiger partial charge in [-0.2, -0.15) is 0 Å². The van der Waals surface area contributed by atoms with Crippen molar-refractivity contribution in [3.8, 4) is 17.1 Å². The molecular formula is C27H25N5OS. The summed E-state index contributed by atoms with van der Waals surface area (Å²) in [5.41, 5.74) is 5.34. The molecule has 7 heteroatoms. The molecule has 170 valence electrons. The van der Waals surface area contributed by atoms with Crippen LogP contribution in [0.3, 0.4) is 0 Å². The van der Waals surface area contributed by atoms with E-state index in [0.717, 1.165) is 40.0 Å². The highest BCUT2D eigenvalue weighted by Crippen LogP contribution is 2.33. The number of H-pyrrole nitrogens is 1. The topological polar surface area (TPSA) is 75.6 Å². The lowest BCUT2D eigenvalue weighted by Gasteiger charge is -2.12. The second-order valence-electron chi connectivity index (χ2n) is 8.05. The minimum Gasteiger partial charge on any atom is -0.360 e. The van der Waals surface area contributed by atoms with Crippen molar-refractivity contribution < 1.29 is 4.79 Å². The zero-order chi connectivity index (χ0) is 23.3. The van der Waals surface area contributed by atoms with Crippen molar-refractivity contribution in [2.75, 3.05) is 12.3 Å². The number of nitrogens with zero attached hydrogens (tertiary/aromatic N) is 3. The summed E-state index contributed by atoms with van der Waals surface area (Å²) in [6.45, 7) is 2.67. The van der Waals surface area contributed by atoms with Gasteiger partial charge in [-0.15, -0.1) is 10.2 Å². The maximum absolute atomic E-state index is 12.5. The predicted octanol–water partition coefficient (Wildman–Crippen LogP) is 5.18. The second kappa shape index (κ2) is 9.97. The molecule has 5 rings (SSSR count). The molecule has 0 saturated heterocycles. The second-order valence-corrected chi connectivity index (χ2v) is 8.99. The van der Waals surface area contributed by atoms with Crippen LogP contribution in [-0.4, -0.2) is 38.0 Å². The van der Waals surface area contributed by atoms with Gasteiger partial charge in [-0.3, -0.25) is 9.36 Å². The van der Waals surface area contributed by atoms with Gasteiger partial charge in [-0.1, -0.05) is 78.5 Å². The number of hydrogen-bond acceptors (Lipinski definition) is 4. The number of benzene rings is 3. The Labute approximate surface area is 202 Å². The van der Waals surface area contributed by atoms with E-state index in [0.29, 0.717) is 11.7 Å². The van der Waals surface area contributed by atoms with Crippen molar-refractivity contribution in [3.63, 3.8) is 0 Å². The fourth-order valence-electron chi connectivity index (χ4n) is 4.00. The Hall–Kier alpha value is -3.84. The summed E-state index contributed by atoms with van der Waals surface area (Å²) in [7, 11) is 0. The predicted molar refractivity (Wildman–Crippen MR) is 137 cm³/mol. The molecule has 0 aliphatic rings. The number of carbonyl (C=O) groups is 1. The van der Waals surface area contributed by atoms with Gasteiger partial charge in [0.2, 0.25) is 5.91 Å². The first-order chi connectivity index (χ1) is 16.7. The van der Waals surface area contributed by atoms with Crippen molar-refractivity contribution in [2.45, 2.75) is 18.5 Å². The molecule has 34 heavy (non-hydrogen) atoms. The van der Waals surface area contributed by atoms with Crippen molar-refractivity contribution in [2.24, 2.45) is 0 Å². The molecule has 0 saturated carbocycles. The van der Waals surface area contributed by atoms with Gasteiger partial charge < -0.3 is 10.3 Å². The van der Waals surface area contributed by atoms with Crippen molar-refractivity contribution in [1.29, 1.82) is 0 Å². The molecular weight excluding hydrogens is 442 g/mol. The monoisotopic (exact) mass is 467 g/mol. The molecule has 2 aromatic heterocycles. The maximum atomic E-state index is 12.5. The lowest BCUT2D eigenvalue weighted by atomic mass is 10.1. The van der Waals surface area contributed by atoms with Crippen LogP contribution < -0.4 is 5.32 Å². The van der Waals surface area contributed by atoms with Crippen LogP contribution in [-0.2, 0) is 11.2 Å². The SMILES string of the molecule is Cc1ccccc1-n1c(SCC(=O)NCCc2ccccc2)nnc1-c1c[nH]c2ccccc12. The van der Waals surface area contributed by atoms with Crippen molar-refractivity contribution in [1.82, 2.24) is 25.1 Å². The Morgan fingerprint density at radius 2 is 1.74 bits per heavy atom. The standard InChI is InChI=1S/C27H25N5OS/c1-19-9-5-8-14-24(19)32-26(22-17-29-23-13-7-6-12-21(22)23)30-31-27(32)34-18-25(33)28-16-15-20-10-3-2-4-11-20/h2-14,17,29H,15-16,18H2,1H3,(H,28,33). The lowest BCUT2D eigenvalue weighted by Crippen LogP contribution is -2.27. The highest BCUT2D eigenvalue weighted by Gasteiger charge is 2.20. The highest BCUT2D eigenvalue weighted by molar-refractivity contribution is 7.99. The molecule has 3 aromatic carbocycles. The van der Waals surface area contributed by atoms with Crippen LogP contribution in [0.2, 0.25) is 0 Å². The van der Waals surface area contributed by atoms with Gasteiger partial charge in [0.25, 0.3) is 0 Å². The number of thioether (sulfide) groups is 1. The summed E-state index contributed by atoms with van der Waals surface area (Å²) in [4.78, 5) is 15.9. The van der Waals surface area contributed by atoms with Crippen molar-refractivity contribution >= 4 is 28.6 Å². The molecule has 0 spiro atoms. The molecule has 0 radical (unpaired) electrons. The van der Waals surface area contributed by atoms with E-state index in [1.54, 1.807) is 0 Å². The van der Waals surface area contributed by atoms with E-state index in [1.807, 2.05) is 59.3 Å². The third kappa shape index (κ3) is 4.61. The first-order valence-corrected chi connectivity index (χ1v) is 12.2. The normalized spacial score (nSPS) is 11.1. The number of amides is 1. The van der Waals surface area contributed by atoms with E-state index < -0.39 is 0 Å². The molecule has 2 N–H and O–H groups in total. The minimum atomic E-state index is -0.0195. The third-order valence-corrected chi connectivity index (χ3v) is 6.66. The quantitative estimate of drug-likeness (QED) is 0.309. The molecule has 0 bridgehead atoms. The van der Waals surface area contributed by atoms with E-state index >= 15 is 0 Å². The average Bonchev–Trinajstić information content (AvgIpc) is 3.48. The maximum Gasteiger partial charge on any atom is 0.230 e. The van der Waals surface area contributed by atoms with E-state index in [4.69, 9.17) is 0 Å². The number of aromatic nitrogens is 4. The van der Waals surface area contributed by atoms with Crippen LogP contribution in [0.25, 0.3) is 28.0 Å². The molecule has 1 amide bonds.